The van der Waals surface area contributed by atoms with Gasteiger partial charge >= 0.3 is 0 Å². The summed E-state index contributed by atoms with van der Waals surface area (Å²) in [6.07, 6.45) is 0. The first kappa shape index (κ1) is 29.5. The van der Waals surface area contributed by atoms with Gasteiger partial charge in [0.05, 0.1) is 5.69 Å². The highest BCUT2D eigenvalue weighted by Gasteiger charge is 2.38. The van der Waals surface area contributed by atoms with E-state index in [0.717, 1.165) is 39.0 Å². The molecule has 1 aliphatic rings. The maximum Gasteiger partial charge on any atom is 0.137 e. The largest absolute Gasteiger partial charge is 0.456 e. The molecule has 2 heteroatoms. The smallest absolute Gasteiger partial charge is 0.137 e. The number of para-hydroxylation sites is 1. The van der Waals surface area contributed by atoms with Gasteiger partial charge in [-0.2, -0.15) is 0 Å². The van der Waals surface area contributed by atoms with Gasteiger partial charge in [-0.1, -0.05) is 147 Å². The fraction of sp³-hybridized carbons (Fsp3) is 0.0612. The maximum absolute atomic E-state index is 6.49. The van der Waals surface area contributed by atoms with E-state index in [2.05, 4.69) is 189 Å². The number of furan rings is 1. The second-order valence-electron chi connectivity index (χ2n) is 14.1. The maximum atomic E-state index is 6.49. The molecule has 0 saturated heterocycles. The molecule has 9 aromatic rings. The molecule has 0 bridgehead atoms. The van der Waals surface area contributed by atoms with Gasteiger partial charge in [-0.05, 0) is 86.3 Å². The highest BCUT2D eigenvalue weighted by atomic mass is 16.3. The molecule has 0 atom stereocenters. The third-order valence-electron chi connectivity index (χ3n) is 10.8. The Labute approximate surface area is 297 Å². The monoisotopic (exact) mass is 653 g/mol. The molecule has 0 unspecified atom stereocenters. The van der Waals surface area contributed by atoms with Crippen LogP contribution in [-0.4, -0.2) is 0 Å². The number of anilines is 3. The number of fused-ring (bicyclic) bond motifs is 7. The van der Waals surface area contributed by atoms with Crippen LogP contribution in [0.3, 0.4) is 0 Å². The van der Waals surface area contributed by atoms with E-state index in [4.69, 9.17) is 4.42 Å². The Morgan fingerprint density at radius 3 is 1.80 bits per heavy atom. The van der Waals surface area contributed by atoms with Gasteiger partial charge < -0.3 is 9.32 Å². The first-order valence-corrected chi connectivity index (χ1v) is 17.7. The lowest BCUT2D eigenvalue weighted by Crippen LogP contribution is -2.17. The normalized spacial score (nSPS) is 13.1. The van der Waals surface area contributed by atoms with Crippen LogP contribution in [0.25, 0.3) is 66.1 Å². The van der Waals surface area contributed by atoms with Crippen molar-refractivity contribution in [3.63, 3.8) is 0 Å². The molecule has 0 amide bonds. The standard InChI is InChI=1S/C49H35NO/c1-49(2)44-23-13-11-20-38(44)43-30-35(29-42(48(43)49)33-17-7-4-8-18-33)50(34-25-26-41-40-22-12-14-24-46(40)51-47(41)31-34)45-28-27-36(32-15-5-3-6-16-32)37-19-9-10-21-39(37)45/h3-31H,1-2H3. The summed E-state index contributed by atoms with van der Waals surface area (Å²) in [7, 11) is 0. The molecule has 0 spiro atoms. The van der Waals surface area contributed by atoms with Gasteiger partial charge in [-0.3, -0.25) is 0 Å². The van der Waals surface area contributed by atoms with Gasteiger partial charge in [0.1, 0.15) is 11.2 Å². The van der Waals surface area contributed by atoms with Gasteiger partial charge in [-0.25, -0.2) is 0 Å². The van der Waals surface area contributed by atoms with Crippen LogP contribution in [0.15, 0.2) is 180 Å². The van der Waals surface area contributed by atoms with Gasteiger partial charge in [0.25, 0.3) is 0 Å². The SMILES string of the molecule is CC1(C)c2ccccc2-c2cc(N(c3ccc4c(c3)oc3ccccc34)c3ccc(-c4ccccc4)c4ccccc34)cc(-c3ccccc3)c21. The van der Waals surface area contributed by atoms with Crippen molar-refractivity contribution in [3.8, 4) is 33.4 Å². The second kappa shape index (κ2) is 11.3. The van der Waals surface area contributed by atoms with Gasteiger partial charge in [-0.15, -0.1) is 0 Å². The van der Waals surface area contributed by atoms with Crippen LogP contribution in [0.1, 0.15) is 25.0 Å². The molecule has 10 rings (SSSR count). The van der Waals surface area contributed by atoms with E-state index in [1.165, 1.54) is 55.3 Å². The summed E-state index contributed by atoms with van der Waals surface area (Å²) in [6, 6.07) is 63.7. The minimum Gasteiger partial charge on any atom is -0.456 e. The van der Waals surface area contributed by atoms with Crippen LogP contribution in [0.4, 0.5) is 17.1 Å². The van der Waals surface area contributed by atoms with Crippen LogP contribution < -0.4 is 4.90 Å². The van der Waals surface area contributed by atoms with Crippen molar-refractivity contribution in [2.24, 2.45) is 0 Å². The van der Waals surface area contributed by atoms with E-state index in [1.807, 2.05) is 6.07 Å². The van der Waals surface area contributed by atoms with Crippen molar-refractivity contribution in [1.29, 1.82) is 0 Å². The Hall–Kier alpha value is -6.38. The highest BCUT2D eigenvalue weighted by Crippen LogP contribution is 2.55. The van der Waals surface area contributed by atoms with Crippen molar-refractivity contribution in [1.82, 2.24) is 0 Å². The fourth-order valence-corrected chi connectivity index (χ4v) is 8.51. The van der Waals surface area contributed by atoms with E-state index >= 15 is 0 Å². The zero-order chi connectivity index (χ0) is 34.1. The van der Waals surface area contributed by atoms with E-state index in [9.17, 15) is 0 Å². The molecule has 8 aromatic carbocycles. The molecule has 0 N–H and O–H groups in total. The molecule has 242 valence electrons. The predicted molar refractivity (Wildman–Crippen MR) is 214 cm³/mol. The first-order chi connectivity index (χ1) is 25.1. The lowest BCUT2D eigenvalue weighted by Gasteiger charge is -2.30. The van der Waals surface area contributed by atoms with E-state index < -0.39 is 0 Å². The Bertz CT molecular complexity index is 2770. The Balaban J connectivity index is 1.29. The summed E-state index contributed by atoms with van der Waals surface area (Å²) < 4.78 is 6.49. The van der Waals surface area contributed by atoms with Gasteiger partial charge in [0, 0.05) is 39.0 Å². The van der Waals surface area contributed by atoms with Crippen molar-refractivity contribution >= 4 is 49.8 Å². The molecule has 1 aliphatic carbocycles. The minimum absolute atomic E-state index is 0.155. The number of benzene rings is 8. The van der Waals surface area contributed by atoms with Crippen molar-refractivity contribution < 1.29 is 4.42 Å². The summed E-state index contributed by atoms with van der Waals surface area (Å²) in [6.45, 7) is 4.74. The Morgan fingerprint density at radius 2 is 1.02 bits per heavy atom. The van der Waals surface area contributed by atoms with Crippen LogP contribution >= 0.6 is 0 Å². The predicted octanol–water partition coefficient (Wildman–Crippen LogP) is 13.8. The third-order valence-corrected chi connectivity index (χ3v) is 10.8. The average Bonchev–Trinajstić information content (AvgIpc) is 3.67. The van der Waals surface area contributed by atoms with Crippen LogP contribution in [0, 0.1) is 0 Å². The number of nitrogens with zero attached hydrogens (tertiary/aromatic N) is 1. The van der Waals surface area contributed by atoms with E-state index in [1.54, 1.807) is 0 Å². The van der Waals surface area contributed by atoms with Crippen LogP contribution in [0.2, 0.25) is 0 Å². The molecule has 0 fully saturated rings. The lowest BCUT2D eigenvalue weighted by atomic mass is 9.78. The summed E-state index contributed by atoms with van der Waals surface area (Å²) in [5.41, 5.74) is 15.1. The van der Waals surface area contributed by atoms with Gasteiger partial charge in [0.15, 0.2) is 0 Å². The zero-order valence-electron chi connectivity index (χ0n) is 28.6. The third kappa shape index (κ3) is 4.57. The molecule has 51 heavy (non-hydrogen) atoms. The Morgan fingerprint density at radius 1 is 0.412 bits per heavy atom. The molecule has 1 heterocycles. The average molecular weight is 654 g/mol. The van der Waals surface area contributed by atoms with Gasteiger partial charge in [0.2, 0.25) is 0 Å². The van der Waals surface area contributed by atoms with E-state index in [0.29, 0.717) is 0 Å². The zero-order valence-corrected chi connectivity index (χ0v) is 28.6. The molecular formula is C49H35NO. The first-order valence-electron chi connectivity index (χ1n) is 17.7. The molecule has 0 saturated carbocycles. The number of hydrogen-bond acceptors (Lipinski definition) is 2. The molecule has 2 nitrogen and oxygen atoms in total. The highest BCUT2D eigenvalue weighted by molar-refractivity contribution is 6.09. The Kier molecular flexibility index (Phi) is 6.56. The number of hydrogen-bond donors (Lipinski definition) is 0. The quantitative estimate of drug-likeness (QED) is 0.184. The van der Waals surface area contributed by atoms with Crippen molar-refractivity contribution in [2.75, 3.05) is 4.90 Å². The molecule has 0 radical (unpaired) electrons. The summed E-state index contributed by atoms with van der Waals surface area (Å²) in [4.78, 5) is 2.43. The van der Waals surface area contributed by atoms with Crippen LogP contribution in [-0.2, 0) is 5.41 Å². The van der Waals surface area contributed by atoms with Crippen molar-refractivity contribution in [3.05, 3.63) is 187 Å². The summed E-state index contributed by atoms with van der Waals surface area (Å²) in [5, 5.41) is 4.65. The topological polar surface area (TPSA) is 16.4 Å². The lowest BCUT2D eigenvalue weighted by molar-refractivity contribution is 0.662. The summed E-state index contributed by atoms with van der Waals surface area (Å²) >= 11 is 0. The number of rotatable bonds is 5. The summed E-state index contributed by atoms with van der Waals surface area (Å²) in [5.74, 6) is 0. The second-order valence-corrected chi connectivity index (χ2v) is 14.1. The van der Waals surface area contributed by atoms with Crippen molar-refractivity contribution in [2.45, 2.75) is 19.3 Å². The van der Waals surface area contributed by atoms with E-state index in [-0.39, 0.29) is 5.41 Å². The minimum atomic E-state index is -0.155. The molecule has 1 aromatic heterocycles. The van der Waals surface area contributed by atoms with Crippen LogP contribution in [0.5, 0.6) is 0 Å². The molecular weight excluding hydrogens is 619 g/mol. The fourth-order valence-electron chi connectivity index (χ4n) is 8.51. The molecule has 0 aliphatic heterocycles.